The highest BCUT2D eigenvalue weighted by Gasteiger charge is 2.32. The summed E-state index contributed by atoms with van der Waals surface area (Å²) in [5.74, 6) is -0.380. The van der Waals surface area contributed by atoms with Gasteiger partial charge in [0.2, 0.25) is 0 Å². The highest BCUT2D eigenvalue weighted by atomic mass is 16.6. The highest BCUT2D eigenvalue weighted by Crippen LogP contribution is 2.14. The van der Waals surface area contributed by atoms with Gasteiger partial charge in [-0.15, -0.1) is 0 Å². The number of ether oxygens (including phenoxy) is 1. The number of carbonyl (C=O) groups is 2. The van der Waals surface area contributed by atoms with E-state index in [1.165, 1.54) is 11.1 Å². The Morgan fingerprint density at radius 1 is 1.19 bits per heavy atom. The first kappa shape index (κ1) is 17.9. The summed E-state index contributed by atoms with van der Waals surface area (Å²) in [7, 11) is 0. The van der Waals surface area contributed by atoms with Crippen molar-refractivity contribution in [1.29, 1.82) is 0 Å². The van der Waals surface area contributed by atoms with Crippen LogP contribution in [0.4, 0.5) is 4.79 Å². The summed E-state index contributed by atoms with van der Waals surface area (Å²) in [5, 5.41) is 12.9. The molecule has 2 heterocycles. The molecule has 26 heavy (non-hydrogen) atoms. The van der Waals surface area contributed by atoms with E-state index in [0.29, 0.717) is 13.0 Å². The number of carbonyl (C=O) groups excluding carboxylic acids is 2. The number of nitrogens with one attached hydrogen (secondary N) is 1. The third kappa shape index (κ3) is 4.58. The van der Waals surface area contributed by atoms with E-state index in [4.69, 9.17) is 4.74 Å². The zero-order valence-corrected chi connectivity index (χ0v) is 14.2. The maximum atomic E-state index is 12.3. The predicted molar refractivity (Wildman–Crippen MR) is 94.3 cm³/mol. The van der Waals surface area contributed by atoms with Crippen molar-refractivity contribution in [3.05, 3.63) is 66.0 Å². The minimum absolute atomic E-state index is 0.184. The second-order valence-electron chi connectivity index (χ2n) is 6.14. The lowest BCUT2D eigenvalue weighted by molar-refractivity contribution is 0.0323. The molecule has 2 N–H and O–H groups in total. The molecule has 1 aliphatic heterocycles. The first-order chi connectivity index (χ1) is 12.6. The Hall–Kier alpha value is -2.93. The van der Waals surface area contributed by atoms with Crippen molar-refractivity contribution in [2.45, 2.75) is 25.2 Å². The van der Waals surface area contributed by atoms with Crippen LogP contribution in [0.1, 0.15) is 22.5 Å². The van der Waals surface area contributed by atoms with Crippen LogP contribution in [0.15, 0.2) is 54.7 Å². The van der Waals surface area contributed by atoms with Crippen LogP contribution in [0, 0.1) is 0 Å². The summed E-state index contributed by atoms with van der Waals surface area (Å²) in [5.41, 5.74) is 1.17. The second-order valence-corrected chi connectivity index (χ2v) is 6.14. The van der Waals surface area contributed by atoms with Crippen molar-refractivity contribution in [2.24, 2.45) is 0 Å². The van der Waals surface area contributed by atoms with E-state index >= 15 is 0 Å². The van der Waals surface area contributed by atoms with Crippen LogP contribution >= 0.6 is 0 Å². The Morgan fingerprint density at radius 3 is 2.69 bits per heavy atom. The molecule has 0 unspecified atom stereocenters. The average molecular weight is 355 g/mol. The molecule has 0 bridgehead atoms. The van der Waals surface area contributed by atoms with Gasteiger partial charge in [-0.2, -0.15) is 0 Å². The van der Waals surface area contributed by atoms with Gasteiger partial charge in [0.25, 0.3) is 5.91 Å². The number of piperidine rings is 1. The summed E-state index contributed by atoms with van der Waals surface area (Å²) >= 11 is 0. The summed E-state index contributed by atoms with van der Waals surface area (Å²) in [6, 6.07) is 13.9. The van der Waals surface area contributed by atoms with Gasteiger partial charge in [-0.25, -0.2) is 4.79 Å². The van der Waals surface area contributed by atoms with E-state index < -0.39 is 18.2 Å². The van der Waals surface area contributed by atoms with Crippen molar-refractivity contribution < 1.29 is 19.4 Å². The Bertz CT molecular complexity index is 739. The average Bonchev–Trinajstić information content (AvgIpc) is 2.69. The molecule has 2 amide bonds. The fourth-order valence-electron chi connectivity index (χ4n) is 2.80. The number of aliphatic hydroxyl groups is 1. The number of pyridine rings is 1. The van der Waals surface area contributed by atoms with Crippen LogP contribution < -0.4 is 5.32 Å². The summed E-state index contributed by atoms with van der Waals surface area (Å²) < 4.78 is 5.32. The second kappa shape index (κ2) is 8.44. The van der Waals surface area contributed by atoms with Gasteiger partial charge in [0.15, 0.2) is 0 Å². The van der Waals surface area contributed by atoms with Crippen LogP contribution in [0.25, 0.3) is 0 Å². The normalized spacial score (nSPS) is 19.7. The molecule has 3 rings (SSSR count). The van der Waals surface area contributed by atoms with Gasteiger partial charge < -0.3 is 20.1 Å². The number of likely N-dealkylation sites (tertiary alicyclic amines) is 1. The number of amides is 2. The molecule has 0 saturated carbocycles. The van der Waals surface area contributed by atoms with Crippen LogP contribution in [0.5, 0.6) is 0 Å². The van der Waals surface area contributed by atoms with Crippen LogP contribution in [-0.4, -0.2) is 52.2 Å². The number of nitrogens with zero attached hydrogens (tertiary/aromatic N) is 2. The minimum Gasteiger partial charge on any atom is -0.445 e. The lowest BCUT2D eigenvalue weighted by Gasteiger charge is -2.35. The van der Waals surface area contributed by atoms with E-state index in [9.17, 15) is 14.7 Å². The number of aliphatic hydroxyl groups excluding tert-OH is 1. The van der Waals surface area contributed by atoms with E-state index in [0.717, 1.165) is 5.56 Å². The van der Waals surface area contributed by atoms with Crippen molar-refractivity contribution in [1.82, 2.24) is 15.2 Å². The molecule has 1 aromatic carbocycles. The third-order valence-corrected chi connectivity index (χ3v) is 4.25. The summed E-state index contributed by atoms with van der Waals surface area (Å²) in [6.07, 6.45) is 0.714. The Balaban J connectivity index is 1.55. The molecule has 1 aromatic heterocycles. The number of aromatic nitrogens is 1. The molecule has 1 aliphatic rings. The SMILES string of the molecule is O=C(N[C@H]1CN(C(=O)OCc2ccccc2)CC[C@@H]1O)c1ccccn1. The fourth-order valence-corrected chi connectivity index (χ4v) is 2.80. The van der Waals surface area contributed by atoms with Crippen molar-refractivity contribution in [2.75, 3.05) is 13.1 Å². The molecule has 7 heteroatoms. The standard InChI is InChI=1S/C19H21N3O4/c23-17-9-11-22(19(25)26-13-14-6-2-1-3-7-14)12-16(17)21-18(24)15-8-4-5-10-20-15/h1-8,10,16-17,23H,9,11-13H2,(H,21,24)/t16-,17-/m0/s1. The monoisotopic (exact) mass is 355 g/mol. The zero-order valence-electron chi connectivity index (χ0n) is 14.2. The van der Waals surface area contributed by atoms with Gasteiger partial charge in [0, 0.05) is 19.3 Å². The quantitative estimate of drug-likeness (QED) is 0.869. The van der Waals surface area contributed by atoms with Crippen molar-refractivity contribution in [3.63, 3.8) is 0 Å². The molecular weight excluding hydrogens is 334 g/mol. The molecule has 0 spiro atoms. The summed E-state index contributed by atoms with van der Waals surface area (Å²) in [6.45, 7) is 0.752. The van der Waals surface area contributed by atoms with Gasteiger partial charge in [-0.3, -0.25) is 9.78 Å². The molecule has 0 aliphatic carbocycles. The molecular formula is C19H21N3O4. The molecule has 7 nitrogen and oxygen atoms in total. The molecule has 1 fully saturated rings. The first-order valence-corrected chi connectivity index (χ1v) is 8.49. The maximum absolute atomic E-state index is 12.3. The Morgan fingerprint density at radius 2 is 1.96 bits per heavy atom. The largest absolute Gasteiger partial charge is 0.445 e. The van der Waals surface area contributed by atoms with Gasteiger partial charge >= 0.3 is 6.09 Å². The number of hydrogen-bond donors (Lipinski definition) is 2. The van der Waals surface area contributed by atoms with E-state index in [1.54, 1.807) is 18.2 Å². The lowest BCUT2D eigenvalue weighted by Crippen LogP contribution is -2.56. The predicted octanol–water partition coefficient (Wildman–Crippen LogP) is 1.58. The Labute approximate surface area is 151 Å². The van der Waals surface area contributed by atoms with Crippen molar-refractivity contribution >= 4 is 12.0 Å². The maximum Gasteiger partial charge on any atom is 0.410 e. The van der Waals surface area contributed by atoms with Crippen molar-refractivity contribution in [3.8, 4) is 0 Å². The van der Waals surface area contributed by atoms with E-state index in [-0.39, 0.29) is 24.8 Å². The van der Waals surface area contributed by atoms with E-state index in [1.807, 2.05) is 30.3 Å². The first-order valence-electron chi connectivity index (χ1n) is 8.49. The highest BCUT2D eigenvalue weighted by molar-refractivity contribution is 5.92. The topological polar surface area (TPSA) is 91.8 Å². The molecule has 2 aromatic rings. The van der Waals surface area contributed by atoms with Crippen LogP contribution in [0.3, 0.4) is 0 Å². The smallest absolute Gasteiger partial charge is 0.410 e. The molecule has 136 valence electrons. The lowest BCUT2D eigenvalue weighted by atomic mass is 10.0. The fraction of sp³-hybridized carbons (Fsp3) is 0.316. The minimum atomic E-state index is -0.721. The van der Waals surface area contributed by atoms with E-state index in [2.05, 4.69) is 10.3 Å². The van der Waals surface area contributed by atoms with Gasteiger partial charge in [-0.1, -0.05) is 36.4 Å². The van der Waals surface area contributed by atoms with Gasteiger partial charge in [-0.05, 0) is 24.1 Å². The number of hydrogen-bond acceptors (Lipinski definition) is 5. The van der Waals surface area contributed by atoms with Gasteiger partial charge in [0.05, 0.1) is 12.1 Å². The summed E-state index contributed by atoms with van der Waals surface area (Å²) in [4.78, 5) is 30.0. The number of benzene rings is 1. The molecule has 2 atom stereocenters. The molecule has 1 saturated heterocycles. The van der Waals surface area contributed by atoms with Gasteiger partial charge in [0.1, 0.15) is 12.3 Å². The third-order valence-electron chi connectivity index (χ3n) is 4.25. The number of rotatable bonds is 4. The zero-order chi connectivity index (χ0) is 18.4. The molecule has 0 radical (unpaired) electrons. The van der Waals surface area contributed by atoms with Crippen LogP contribution in [0.2, 0.25) is 0 Å². The van der Waals surface area contributed by atoms with Crippen LogP contribution in [-0.2, 0) is 11.3 Å². The Kier molecular flexibility index (Phi) is 5.80.